The highest BCUT2D eigenvalue weighted by atomic mass is 16.6. The van der Waals surface area contributed by atoms with E-state index in [9.17, 15) is 14.4 Å². The van der Waals surface area contributed by atoms with E-state index in [2.05, 4.69) is 0 Å². The molecular weight excluding hydrogens is 258 g/mol. The van der Waals surface area contributed by atoms with Crippen LogP contribution < -0.4 is 0 Å². The van der Waals surface area contributed by atoms with Gasteiger partial charge in [0, 0.05) is 13.0 Å². The standard InChI is InChI=1S/C15H25NO4/c1-10(2)9-12(17)13(18)16-8-6-7-11(16)14(19)20-15(3,4)5/h10-11H,6-9H2,1-5H3/t11-/m1/s1. The van der Waals surface area contributed by atoms with Crippen molar-refractivity contribution >= 4 is 17.7 Å². The van der Waals surface area contributed by atoms with Crippen molar-refractivity contribution in [3.8, 4) is 0 Å². The smallest absolute Gasteiger partial charge is 0.329 e. The highest BCUT2D eigenvalue weighted by Crippen LogP contribution is 2.22. The lowest BCUT2D eigenvalue weighted by Gasteiger charge is -2.27. The summed E-state index contributed by atoms with van der Waals surface area (Å²) in [5.74, 6) is -1.25. The van der Waals surface area contributed by atoms with Crippen LogP contribution in [0.3, 0.4) is 0 Å². The molecule has 1 atom stereocenters. The fourth-order valence-electron chi connectivity index (χ4n) is 2.24. The SMILES string of the molecule is CC(C)CC(=O)C(=O)N1CCC[C@@H]1C(=O)OC(C)(C)C. The Kier molecular flexibility index (Phi) is 5.31. The number of carbonyl (C=O) groups excluding carboxylic acids is 3. The van der Waals surface area contributed by atoms with E-state index in [1.54, 1.807) is 20.8 Å². The van der Waals surface area contributed by atoms with E-state index in [1.807, 2.05) is 13.8 Å². The van der Waals surface area contributed by atoms with Gasteiger partial charge in [-0.25, -0.2) is 4.79 Å². The van der Waals surface area contributed by atoms with E-state index in [1.165, 1.54) is 4.90 Å². The predicted octanol–water partition coefficient (Wildman–Crippen LogP) is 1.93. The molecule has 0 aliphatic carbocycles. The lowest BCUT2D eigenvalue weighted by atomic mass is 10.1. The summed E-state index contributed by atoms with van der Waals surface area (Å²) in [6.07, 6.45) is 1.51. The summed E-state index contributed by atoms with van der Waals surface area (Å²) < 4.78 is 5.32. The van der Waals surface area contributed by atoms with Gasteiger partial charge in [0.25, 0.3) is 5.91 Å². The molecule has 20 heavy (non-hydrogen) atoms. The molecule has 114 valence electrons. The minimum Gasteiger partial charge on any atom is -0.458 e. The average Bonchev–Trinajstić information content (AvgIpc) is 2.73. The molecule has 0 aromatic carbocycles. The van der Waals surface area contributed by atoms with Crippen molar-refractivity contribution in [3.05, 3.63) is 0 Å². The fourth-order valence-corrected chi connectivity index (χ4v) is 2.24. The Balaban J connectivity index is 2.72. The number of amides is 1. The molecule has 0 aromatic heterocycles. The molecule has 1 heterocycles. The third-order valence-electron chi connectivity index (χ3n) is 3.02. The number of hydrogen-bond acceptors (Lipinski definition) is 4. The summed E-state index contributed by atoms with van der Waals surface area (Å²) in [5.41, 5.74) is -0.587. The van der Waals surface area contributed by atoms with Crippen LogP contribution >= 0.6 is 0 Å². The average molecular weight is 283 g/mol. The molecule has 1 rings (SSSR count). The van der Waals surface area contributed by atoms with Gasteiger partial charge in [0.15, 0.2) is 0 Å². The second-order valence-corrected chi connectivity index (χ2v) is 6.71. The van der Waals surface area contributed by atoms with Gasteiger partial charge in [0.05, 0.1) is 0 Å². The van der Waals surface area contributed by atoms with Crippen LogP contribution in [0.5, 0.6) is 0 Å². The first-order valence-corrected chi connectivity index (χ1v) is 7.18. The first-order valence-electron chi connectivity index (χ1n) is 7.18. The van der Waals surface area contributed by atoms with E-state index in [0.717, 1.165) is 6.42 Å². The Labute approximate surface area is 120 Å². The number of ether oxygens (including phenoxy) is 1. The summed E-state index contributed by atoms with van der Waals surface area (Å²) in [6, 6.07) is -0.613. The summed E-state index contributed by atoms with van der Waals surface area (Å²) in [7, 11) is 0. The van der Waals surface area contributed by atoms with Crippen LogP contribution in [0.4, 0.5) is 0 Å². The van der Waals surface area contributed by atoms with Gasteiger partial charge in [-0.2, -0.15) is 0 Å². The monoisotopic (exact) mass is 283 g/mol. The Hall–Kier alpha value is -1.39. The topological polar surface area (TPSA) is 63.7 Å². The maximum absolute atomic E-state index is 12.1. The zero-order valence-corrected chi connectivity index (χ0v) is 13.1. The number of hydrogen-bond donors (Lipinski definition) is 0. The van der Waals surface area contributed by atoms with Crippen LogP contribution in [0.2, 0.25) is 0 Å². The normalized spacial score (nSPS) is 19.3. The van der Waals surface area contributed by atoms with Gasteiger partial charge in [-0.15, -0.1) is 0 Å². The van der Waals surface area contributed by atoms with Crippen molar-refractivity contribution in [1.29, 1.82) is 0 Å². The molecule has 0 bridgehead atoms. The fraction of sp³-hybridized carbons (Fsp3) is 0.800. The Morgan fingerprint density at radius 2 is 1.85 bits per heavy atom. The van der Waals surface area contributed by atoms with Crippen molar-refractivity contribution in [2.24, 2.45) is 5.92 Å². The third-order valence-corrected chi connectivity index (χ3v) is 3.02. The molecular formula is C15H25NO4. The van der Waals surface area contributed by atoms with Crippen molar-refractivity contribution in [3.63, 3.8) is 0 Å². The quantitative estimate of drug-likeness (QED) is 0.584. The second-order valence-electron chi connectivity index (χ2n) is 6.71. The van der Waals surface area contributed by atoms with E-state index >= 15 is 0 Å². The Morgan fingerprint density at radius 1 is 1.25 bits per heavy atom. The summed E-state index contributed by atoms with van der Waals surface area (Å²) in [6.45, 7) is 9.59. The summed E-state index contributed by atoms with van der Waals surface area (Å²) >= 11 is 0. The van der Waals surface area contributed by atoms with Crippen LogP contribution in [-0.4, -0.2) is 40.7 Å². The number of esters is 1. The molecule has 0 N–H and O–H groups in total. The maximum Gasteiger partial charge on any atom is 0.329 e. The molecule has 5 heteroatoms. The first-order chi connectivity index (χ1) is 9.11. The number of ketones is 1. The largest absolute Gasteiger partial charge is 0.458 e. The lowest BCUT2D eigenvalue weighted by molar-refractivity contribution is -0.164. The predicted molar refractivity (Wildman–Crippen MR) is 75.0 cm³/mol. The minimum absolute atomic E-state index is 0.133. The van der Waals surface area contributed by atoms with E-state index < -0.39 is 29.3 Å². The van der Waals surface area contributed by atoms with Crippen LogP contribution in [0.25, 0.3) is 0 Å². The molecule has 5 nitrogen and oxygen atoms in total. The number of carbonyl (C=O) groups is 3. The lowest BCUT2D eigenvalue weighted by Crippen LogP contribution is -2.46. The molecule has 0 saturated carbocycles. The first kappa shape index (κ1) is 16.7. The Bertz CT molecular complexity index is 395. The number of nitrogens with zero attached hydrogens (tertiary/aromatic N) is 1. The molecule has 1 amide bonds. The molecule has 1 aliphatic heterocycles. The molecule has 0 unspecified atom stereocenters. The van der Waals surface area contributed by atoms with Gasteiger partial charge >= 0.3 is 5.97 Å². The highest BCUT2D eigenvalue weighted by molar-refractivity contribution is 6.36. The van der Waals surface area contributed by atoms with Gasteiger partial charge in [-0.1, -0.05) is 13.8 Å². The van der Waals surface area contributed by atoms with Gasteiger partial charge in [0.1, 0.15) is 11.6 Å². The van der Waals surface area contributed by atoms with Crippen molar-refractivity contribution in [2.75, 3.05) is 6.54 Å². The van der Waals surface area contributed by atoms with Gasteiger partial charge in [-0.05, 0) is 39.5 Å². The number of Topliss-reactive ketones (excluding diaryl/α,β-unsaturated/α-hetero) is 1. The summed E-state index contributed by atoms with van der Waals surface area (Å²) in [4.78, 5) is 37.4. The molecule has 1 fully saturated rings. The molecule has 0 aromatic rings. The van der Waals surface area contributed by atoms with E-state index in [-0.39, 0.29) is 12.3 Å². The van der Waals surface area contributed by atoms with Gasteiger partial charge in [0.2, 0.25) is 5.78 Å². The second kappa shape index (κ2) is 6.37. The zero-order valence-electron chi connectivity index (χ0n) is 13.1. The highest BCUT2D eigenvalue weighted by Gasteiger charge is 2.38. The Morgan fingerprint density at radius 3 is 2.35 bits per heavy atom. The number of rotatable bonds is 4. The molecule has 0 spiro atoms. The molecule has 1 saturated heterocycles. The van der Waals surface area contributed by atoms with Crippen molar-refractivity contribution in [1.82, 2.24) is 4.90 Å². The van der Waals surface area contributed by atoms with Crippen molar-refractivity contribution in [2.45, 2.75) is 65.5 Å². The van der Waals surface area contributed by atoms with Crippen LogP contribution in [0.15, 0.2) is 0 Å². The van der Waals surface area contributed by atoms with Crippen LogP contribution in [-0.2, 0) is 19.1 Å². The van der Waals surface area contributed by atoms with Gasteiger partial charge < -0.3 is 9.64 Å². The molecule has 1 aliphatic rings. The maximum atomic E-state index is 12.1. The summed E-state index contributed by atoms with van der Waals surface area (Å²) in [5, 5.41) is 0. The van der Waals surface area contributed by atoms with E-state index in [0.29, 0.717) is 13.0 Å². The third kappa shape index (κ3) is 4.62. The molecule has 0 radical (unpaired) electrons. The van der Waals surface area contributed by atoms with E-state index in [4.69, 9.17) is 4.74 Å². The van der Waals surface area contributed by atoms with Crippen LogP contribution in [0, 0.1) is 5.92 Å². The minimum atomic E-state index is -0.613. The van der Waals surface area contributed by atoms with Crippen LogP contribution in [0.1, 0.15) is 53.9 Å². The van der Waals surface area contributed by atoms with Crippen molar-refractivity contribution < 1.29 is 19.1 Å². The number of likely N-dealkylation sites (tertiary alicyclic amines) is 1. The zero-order chi connectivity index (χ0) is 15.5. The van der Waals surface area contributed by atoms with Gasteiger partial charge in [-0.3, -0.25) is 9.59 Å².